The van der Waals surface area contributed by atoms with Gasteiger partial charge in [0.2, 0.25) is 0 Å². The Labute approximate surface area is 78.8 Å². The average molecular weight is 261 g/mol. The van der Waals surface area contributed by atoms with Crippen LogP contribution >= 0.6 is 22.6 Å². The highest BCUT2D eigenvalue weighted by Gasteiger charge is 2.20. The van der Waals surface area contributed by atoms with E-state index in [2.05, 4.69) is 27.6 Å². The second-order valence-electron chi connectivity index (χ2n) is 2.76. The lowest BCUT2D eigenvalue weighted by atomic mass is 10.2. The van der Waals surface area contributed by atoms with Crippen LogP contribution in [0.5, 0.6) is 0 Å². The molecule has 0 aliphatic heterocycles. The normalized spacial score (nSPS) is 21.8. The summed E-state index contributed by atoms with van der Waals surface area (Å²) in [6.45, 7) is 0. The molecule has 1 unspecified atom stereocenters. The highest BCUT2D eigenvalue weighted by atomic mass is 127. The molecule has 0 fully saturated rings. The molecular formula is C8H8INO. The smallest absolute Gasteiger partial charge is 0.101 e. The molecule has 0 amide bonds. The lowest BCUT2D eigenvalue weighted by molar-refractivity contribution is 0.179. The SMILES string of the molecule is OC1CCc2cc(I)ncc21. The van der Waals surface area contributed by atoms with Gasteiger partial charge >= 0.3 is 0 Å². The molecule has 1 aliphatic carbocycles. The third kappa shape index (κ3) is 1.27. The zero-order valence-electron chi connectivity index (χ0n) is 5.92. The van der Waals surface area contributed by atoms with E-state index in [1.54, 1.807) is 6.20 Å². The van der Waals surface area contributed by atoms with Crippen LogP contribution in [-0.4, -0.2) is 10.1 Å². The third-order valence-electron chi connectivity index (χ3n) is 2.04. The molecule has 1 N–H and O–H groups in total. The highest BCUT2D eigenvalue weighted by molar-refractivity contribution is 14.1. The van der Waals surface area contributed by atoms with Gasteiger partial charge in [0.1, 0.15) is 3.70 Å². The van der Waals surface area contributed by atoms with Gasteiger partial charge in [-0.05, 0) is 47.1 Å². The molecule has 2 nitrogen and oxygen atoms in total. The van der Waals surface area contributed by atoms with Gasteiger partial charge in [-0.1, -0.05) is 0 Å². The minimum absolute atomic E-state index is 0.269. The van der Waals surface area contributed by atoms with Crippen LogP contribution in [0.25, 0.3) is 0 Å². The number of aromatic nitrogens is 1. The zero-order chi connectivity index (χ0) is 7.84. The zero-order valence-corrected chi connectivity index (χ0v) is 8.08. The summed E-state index contributed by atoms with van der Waals surface area (Å²) in [7, 11) is 0. The van der Waals surface area contributed by atoms with E-state index < -0.39 is 0 Å². The fraction of sp³-hybridized carbons (Fsp3) is 0.375. The van der Waals surface area contributed by atoms with Crippen molar-refractivity contribution in [3.05, 3.63) is 27.1 Å². The van der Waals surface area contributed by atoms with Crippen molar-refractivity contribution in [2.24, 2.45) is 0 Å². The van der Waals surface area contributed by atoms with Gasteiger partial charge in [-0.25, -0.2) is 4.98 Å². The molecule has 0 saturated heterocycles. The van der Waals surface area contributed by atoms with E-state index in [1.807, 2.05) is 6.07 Å². The van der Waals surface area contributed by atoms with E-state index in [0.717, 1.165) is 22.1 Å². The van der Waals surface area contributed by atoms with Gasteiger partial charge in [0.15, 0.2) is 0 Å². The van der Waals surface area contributed by atoms with Gasteiger partial charge in [0.25, 0.3) is 0 Å². The molecule has 0 bridgehead atoms. The van der Waals surface area contributed by atoms with E-state index in [-0.39, 0.29) is 6.10 Å². The fourth-order valence-electron chi connectivity index (χ4n) is 1.44. The van der Waals surface area contributed by atoms with Gasteiger partial charge in [-0.2, -0.15) is 0 Å². The summed E-state index contributed by atoms with van der Waals surface area (Å²) in [6.07, 6.45) is 3.37. The first-order valence-corrected chi connectivity index (χ1v) is 4.67. The Balaban J connectivity index is 2.50. The minimum atomic E-state index is -0.269. The van der Waals surface area contributed by atoms with Crippen LogP contribution in [-0.2, 0) is 6.42 Å². The number of pyridine rings is 1. The number of aryl methyl sites for hydroxylation is 1. The number of hydrogen-bond donors (Lipinski definition) is 1. The second kappa shape index (κ2) is 2.71. The first-order valence-electron chi connectivity index (χ1n) is 3.60. The van der Waals surface area contributed by atoms with Crippen LogP contribution in [0.4, 0.5) is 0 Å². The maximum atomic E-state index is 9.43. The summed E-state index contributed by atoms with van der Waals surface area (Å²) in [5, 5.41) is 9.43. The molecule has 11 heavy (non-hydrogen) atoms. The largest absolute Gasteiger partial charge is 0.388 e. The molecule has 0 radical (unpaired) electrons. The molecule has 1 aromatic heterocycles. The summed E-state index contributed by atoms with van der Waals surface area (Å²) in [5.74, 6) is 0. The topological polar surface area (TPSA) is 33.1 Å². The summed E-state index contributed by atoms with van der Waals surface area (Å²) in [5.41, 5.74) is 2.28. The number of hydrogen-bond acceptors (Lipinski definition) is 2. The Hall–Kier alpha value is -0.160. The standard InChI is InChI=1S/C8H8INO/c9-8-3-5-1-2-7(11)6(5)4-10-8/h3-4,7,11H,1-2H2. The molecule has 1 aliphatic rings. The number of fused-ring (bicyclic) bond motifs is 1. The molecule has 3 heteroatoms. The Morgan fingerprint density at radius 1 is 1.64 bits per heavy atom. The van der Waals surface area contributed by atoms with Crippen molar-refractivity contribution in [1.82, 2.24) is 4.98 Å². The van der Waals surface area contributed by atoms with Crippen LogP contribution in [0.1, 0.15) is 23.7 Å². The van der Waals surface area contributed by atoms with E-state index in [1.165, 1.54) is 5.56 Å². The van der Waals surface area contributed by atoms with Crippen LogP contribution in [0.2, 0.25) is 0 Å². The molecule has 0 spiro atoms. The molecule has 0 saturated carbocycles. The number of halogens is 1. The van der Waals surface area contributed by atoms with Crippen molar-refractivity contribution >= 4 is 22.6 Å². The molecular weight excluding hydrogens is 253 g/mol. The molecule has 1 atom stereocenters. The van der Waals surface area contributed by atoms with Crippen LogP contribution < -0.4 is 0 Å². The van der Waals surface area contributed by atoms with Gasteiger partial charge < -0.3 is 5.11 Å². The summed E-state index contributed by atoms with van der Waals surface area (Å²) < 4.78 is 1.01. The molecule has 58 valence electrons. The van der Waals surface area contributed by atoms with Crippen molar-refractivity contribution in [3.63, 3.8) is 0 Å². The lowest BCUT2D eigenvalue weighted by Gasteiger charge is -2.01. The molecule has 1 aromatic rings. The van der Waals surface area contributed by atoms with Crippen molar-refractivity contribution in [3.8, 4) is 0 Å². The average Bonchev–Trinajstić information content (AvgIpc) is 2.32. The molecule has 1 heterocycles. The fourth-order valence-corrected chi connectivity index (χ4v) is 1.96. The Morgan fingerprint density at radius 2 is 2.45 bits per heavy atom. The van der Waals surface area contributed by atoms with Gasteiger partial charge in [-0.15, -0.1) is 0 Å². The third-order valence-corrected chi connectivity index (χ3v) is 2.63. The van der Waals surface area contributed by atoms with Crippen molar-refractivity contribution in [2.45, 2.75) is 18.9 Å². The number of nitrogens with zero attached hydrogens (tertiary/aromatic N) is 1. The highest BCUT2D eigenvalue weighted by Crippen LogP contribution is 2.30. The number of rotatable bonds is 0. The van der Waals surface area contributed by atoms with Crippen molar-refractivity contribution in [2.75, 3.05) is 0 Å². The van der Waals surface area contributed by atoms with Gasteiger partial charge in [0.05, 0.1) is 6.10 Å². The maximum absolute atomic E-state index is 9.43. The molecule has 0 aromatic carbocycles. The second-order valence-corrected chi connectivity index (χ2v) is 3.87. The quantitative estimate of drug-likeness (QED) is 0.569. The first kappa shape index (κ1) is 7.49. The first-order chi connectivity index (χ1) is 5.27. The Bertz CT molecular complexity index is 287. The predicted molar refractivity (Wildman–Crippen MR) is 50.2 cm³/mol. The predicted octanol–water partition coefficient (Wildman–Crippen LogP) is 1.67. The van der Waals surface area contributed by atoms with Crippen molar-refractivity contribution in [1.29, 1.82) is 0 Å². The lowest BCUT2D eigenvalue weighted by Crippen LogP contribution is -1.92. The minimum Gasteiger partial charge on any atom is -0.388 e. The Kier molecular flexibility index (Phi) is 1.85. The van der Waals surface area contributed by atoms with Crippen molar-refractivity contribution < 1.29 is 5.11 Å². The number of aliphatic hydroxyl groups is 1. The molecule has 2 rings (SSSR count). The van der Waals surface area contributed by atoms with E-state index in [0.29, 0.717) is 0 Å². The van der Waals surface area contributed by atoms with E-state index >= 15 is 0 Å². The van der Waals surface area contributed by atoms with E-state index in [9.17, 15) is 5.11 Å². The van der Waals surface area contributed by atoms with Gasteiger partial charge in [-0.3, -0.25) is 0 Å². The van der Waals surface area contributed by atoms with Crippen LogP contribution in [0, 0.1) is 3.70 Å². The monoisotopic (exact) mass is 261 g/mol. The summed E-state index contributed by atoms with van der Waals surface area (Å²) in [4.78, 5) is 4.13. The maximum Gasteiger partial charge on any atom is 0.101 e. The van der Waals surface area contributed by atoms with E-state index in [4.69, 9.17) is 0 Å². The van der Waals surface area contributed by atoms with Crippen LogP contribution in [0.15, 0.2) is 12.3 Å². The van der Waals surface area contributed by atoms with Gasteiger partial charge in [0, 0.05) is 11.8 Å². The number of aliphatic hydroxyl groups excluding tert-OH is 1. The van der Waals surface area contributed by atoms with Crippen LogP contribution in [0.3, 0.4) is 0 Å². The summed E-state index contributed by atoms with van der Waals surface area (Å²) >= 11 is 2.19. The summed E-state index contributed by atoms with van der Waals surface area (Å²) in [6, 6.07) is 2.05. The Morgan fingerprint density at radius 3 is 3.27 bits per heavy atom.